The van der Waals surface area contributed by atoms with Crippen LogP contribution in [0.1, 0.15) is 34.1 Å². The second-order valence-electron chi connectivity index (χ2n) is 7.34. The number of hydrogen-bond acceptors (Lipinski definition) is 1. The standard InChI is InChI=1S/C17H32N2.2ClH.Ti/c1-13-14(2)16(4)17(15(13)3)9-11-19(7,8)12-10-18(5)6;;;/h9-12H2,1-8H3;2*1H;/q+1;;;/p-2. The molecule has 5 heteroatoms. The number of nitrogens with zero attached hydrogens (tertiary/aromatic N) is 2. The van der Waals surface area contributed by atoms with E-state index in [-0.39, 0.29) is 28.5 Å². The summed E-state index contributed by atoms with van der Waals surface area (Å²) in [5.41, 5.74) is 6.20. The minimum atomic E-state index is 0. The molecule has 1 aliphatic carbocycles. The zero-order valence-corrected chi connectivity index (χ0v) is 18.6. The molecule has 22 heavy (non-hydrogen) atoms. The summed E-state index contributed by atoms with van der Waals surface area (Å²) < 4.78 is 1.38. The summed E-state index contributed by atoms with van der Waals surface area (Å²) in [6.45, 7) is 12.8. The van der Waals surface area contributed by atoms with Gasteiger partial charge >= 0.3 is 138 Å². The van der Waals surface area contributed by atoms with Crippen LogP contribution in [-0.2, 0) is 20.4 Å². The fraction of sp³-hybridized carbons (Fsp3) is 0.765. The van der Waals surface area contributed by atoms with E-state index >= 15 is 0 Å². The van der Waals surface area contributed by atoms with Gasteiger partial charge in [0.25, 0.3) is 0 Å². The molecule has 0 aromatic rings. The molecule has 1 aliphatic rings. The van der Waals surface area contributed by atoms with Crippen molar-refractivity contribution in [2.45, 2.75) is 37.8 Å². The number of hydrogen-bond donors (Lipinski definition) is 0. The topological polar surface area (TPSA) is 3.24 Å². The summed E-state index contributed by atoms with van der Waals surface area (Å²) >= 11 is 2.43. The van der Waals surface area contributed by atoms with Gasteiger partial charge in [-0.15, -0.1) is 0 Å². The van der Waals surface area contributed by atoms with E-state index in [2.05, 4.69) is 81.2 Å². The quantitative estimate of drug-likeness (QED) is 0.360. The first-order valence-electron chi connectivity index (χ1n) is 7.59. The summed E-state index contributed by atoms with van der Waals surface area (Å²) in [5, 5.41) is 0. The van der Waals surface area contributed by atoms with Crippen molar-refractivity contribution in [2.75, 3.05) is 47.8 Å². The largest absolute Gasteiger partial charge is 1.00 e. The molecule has 0 aromatic carbocycles. The molecule has 0 atom stereocenters. The van der Waals surface area contributed by atoms with Crippen molar-refractivity contribution < 1.29 is 49.7 Å². The van der Waals surface area contributed by atoms with Gasteiger partial charge in [-0.05, 0) is 0 Å². The molecule has 0 fully saturated rings. The Kier molecular flexibility index (Phi) is 10.5. The molecule has 0 bridgehead atoms. The van der Waals surface area contributed by atoms with Crippen molar-refractivity contribution in [3.8, 4) is 0 Å². The van der Waals surface area contributed by atoms with Crippen LogP contribution in [0.5, 0.6) is 0 Å². The van der Waals surface area contributed by atoms with E-state index in [1.807, 2.05) is 0 Å². The molecule has 0 aromatic heterocycles. The molecule has 0 unspecified atom stereocenters. The predicted octanol–water partition coefficient (Wildman–Crippen LogP) is -2.59. The van der Waals surface area contributed by atoms with Crippen LogP contribution in [0, 0.1) is 0 Å². The molecular formula is C17H32Cl2N2Ti-. The molecule has 1 rings (SSSR count). The third kappa shape index (κ3) is 5.65. The Hall–Kier alpha value is 0.694. The predicted molar refractivity (Wildman–Crippen MR) is 84.5 cm³/mol. The minimum absolute atomic E-state index is 0. The normalized spacial score (nSPS) is 17.6. The van der Waals surface area contributed by atoms with Gasteiger partial charge < -0.3 is 24.8 Å². The van der Waals surface area contributed by atoms with Crippen molar-refractivity contribution in [3.05, 3.63) is 22.3 Å². The second-order valence-corrected chi connectivity index (χ2v) is 8.67. The van der Waals surface area contributed by atoms with Gasteiger partial charge in [-0.25, -0.2) is 0 Å². The average Bonchev–Trinajstić information content (AvgIpc) is 2.51. The molecule has 0 radical (unpaired) electrons. The number of halogens is 2. The van der Waals surface area contributed by atoms with Crippen molar-refractivity contribution in [2.24, 2.45) is 0 Å². The first kappa shape index (κ1) is 24.9. The maximum Gasteiger partial charge on any atom is -1.00 e. The molecule has 2 nitrogen and oxygen atoms in total. The Balaban J connectivity index is 0. The molecule has 0 saturated heterocycles. The maximum absolute atomic E-state index is 2.43. The number of allylic oxidation sites excluding steroid dienone is 4. The van der Waals surface area contributed by atoms with Crippen LogP contribution in [0.3, 0.4) is 0 Å². The fourth-order valence-corrected chi connectivity index (χ4v) is 3.67. The first-order valence-corrected chi connectivity index (χ1v) is 8.37. The van der Waals surface area contributed by atoms with Gasteiger partial charge in [-0.3, -0.25) is 0 Å². The smallest absolute Gasteiger partial charge is 1.00 e. The van der Waals surface area contributed by atoms with E-state index in [1.165, 1.54) is 30.7 Å². The van der Waals surface area contributed by atoms with Crippen molar-refractivity contribution in [1.82, 2.24) is 4.90 Å². The van der Waals surface area contributed by atoms with Gasteiger partial charge in [0.2, 0.25) is 0 Å². The number of likely N-dealkylation sites (N-methyl/N-ethyl adjacent to an activating group) is 2. The van der Waals surface area contributed by atoms with Gasteiger partial charge in [-0.1, -0.05) is 0 Å². The van der Waals surface area contributed by atoms with E-state index in [1.54, 1.807) is 11.1 Å². The third-order valence-electron chi connectivity index (χ3n) is 5.21. The Morgan fingerprint density at radius 1 is 0.909 bits per heavy atom. The molecule has 0 saturated carbocycles. The van der Waals surface area contributed by atoms with Crippen molar-refractivity contribution in [3.63, 3.8) is 0 Å². The van der Waals surface area contributed by atoms with E-state index in [9.17, 15) is 0 Å². The Morgan fingerprint density at radius 3 is 1.68 bits per heavy atom. The van der Waals surface area contributed by atoms with Crippen LogP contribution in [0.25, 0.3) is 0 Å². The zero-order chi connectivity index (χ0) is 15.7. The summed E-state index contributed by atoms with van der Waals surface area (Å²) in [6.07, 6.45) is 1.25. The SMILES string of the molecule is CC1=C(C)[C]([Ti])(CC[N+](C)(C)CCN(C)C)C(C)=C1C.[Cl-].[Cl-]. The molecule has 129 valence electrons. The van der Waals surface area contributed by atoms with Crippen LogP contribution >= 0.6 is 0 Å². The maximum atomic E-state index is 2.43. The van der Waals surface area contributed by atoms with Gasteiger partial charge in [0.15, 0.2) is 0 Å². The average molecular weight is 383 g/mol. The summed E-state index contributed by atoms with van der Waals surface area (Å²) in [5.74, 6) is 0. The molecule has 0 spiro atoms. The summed E-state index contributed by atoms with van der Waals surface area (Å²) in [7, 11) is 9.04. The van der Waals surface area contributed by atoms with Gasteiger partial charge in [0, 0.05) is 0 Å². The summed E-state index contributed by atoms with van der Waals surface area (Å²) in [4.78, 5) is 2.28. The molecule has 0 N–H and O–H groups in total. The summed E-state index contributed by atoms with van der Waals surface area (Å²) in [6, 6.07) is 0. The molecule has 0 aliphatic heterocycles. The van der Waals surface area contributed by atoms with Gasteiger partial charge in [-0.2, -0.15) is 0 Å². The molecule has 0 heterocycles. The molecular weight excluding hydrogens is 351 g/mol. The van der Waals surface area contributed by atoms with E-state index < -0.39 is 0 Å². The van der Waals surface area contributed by atoms with Crippen molar-refractivity contribution in [1.29, 1.82) is 0 Å². The van der Waals surface area contributed by atoms with Crippen LogP contribution in [-0.4, -0.2) is 57.2 Å². The second kappa shape index (κ2) is 9.25. The number of quaternary nitrogens is 1. The number of rotatable bonds is 6. The van der Waals surface area contributed by atoms with Crippen LogP contribution in [0.4, 0.5) is 0 Å². The van der Waals surface area contributed by atoms with Gasteiger partial charge in [0.05, 0.1) is 0 Å². The third-order valence-corrected chi connectivity index (χ3v) is 6.77. The van der Waals surface area contributed by atoms with Crippen LogP contribution in [0.15, 0.2) is 22.3 Å². The first-order chi connectivity index (χ1) is 9.01. The Bertz CT molecular complexity index is 416. The van der Waals surface area contributed by atoms with Crippen molar-refractivity contribution >= 4 is 0 Å². The minimum Gasteiger partial charge on any atom is -1.00 e. The Morgan fingerprint density at radius 2 is 1.32 bits per heavy atom. The molecule has 0 amide bonds. The van der Waals surface area contributed by atoms with Crippen LogP contribution < -0.4 is 24.8 Å². The fourth-order valence-electron chi connectivity index (χ4n) is 2.91. The van der Waals surface area contributed by atoms with E-state index in [0.29, 0.717) is 0 Å². The van der Waals surface area contributed by atoms with Gasteiger partial charge in [0.1, 0.15) is 0 Å². The zero-order valence-electron chi connectivity index (χ0n) is 15.5. The van der Waals surface area contributed by atoms with E-state index in [4.69, 9.17) is 0 Å². The Labute approximate surface area is 162 Å². The van der Waals surface area contributed by atoms with E-state index in [0.717, 1.165) is 11.0 Å². The van der Waals surface area contributed by atoms with Crippen LogP contribution in [0.2, 0.25) is 3.72 Å². The monoisotopic (exact) mass is 382 g/mol.